The van der Waals surface area contributed by atoms with Crippen molar-refractivity contribution in [2.24, 2.45) is 5.10 Å². The van der Waals surface area contributed by atoms with Crippen LogP contribution in [0.4, 0.5) is 5.82 Å². The van der Waals surface area contributed by atoms with E-state index in [1.165, 1.54) is 16.8 Å². The number of nitrogen functional groups attached to an aromatic ring is 1. The Morgan fingerprint density at radius 2 is 1.58 bits per heavy atom. The average Bonchev–Trinajstić information content (AvgIpc) is 3.08. The third-order valence-electron chi connectivity index (χ3n) is 5.00. The van der Waals surface area contributed by atoms with Gasteiger partial charge >= 0.3 is 0 Å². The Hall–Kier alpha value is -3.46. The molecule has 2 aromatic heterocycles. The predicted molar refractivity (Wildman–Crippen MR) is 131 cm³/mol. The molecular formula is C23H15Cl2N5O2S. The monoisotopic (exact) mass is 495 g/mol. The number of anilines is 1. The highest BCUT2D eigenvalue weighted by Crippen LogP contribution is 2.35. The highest BCUT2D eigenvalue weighted by Gasteiger charge is 2.30. The molecule has 0 aliphatic rings. The molecule has 0 amide bonds. The lowest BCUT2D eigenvalue weighted by Crippen LogP contribution is -2.06. The molecule has 2 N–H and O–H groups in total. The van der Waals surface area contributed by atoms with Crippen molar-refractivity contribution in [2.45, 2.75) is 9.79 Å². The number of hydrogen-bond acceptors (Lipinski definition) is 6. The number of aromatic nitrogens is 3. The minimum absolute atomic E-state index is 0.00242. The maximum atomic E-state index is 13.6. The van der Waals surface area contributed by atoms with Gasteiger partial charge in [0.05, 0.1) is 22.1 Å². The number of nitrogens with zero attached hydrogens (tertiary/aromatic N) is 4. The molecule has 33 heavy (non-hydrogen) atoms. The first-order valence-corrected chi connectivity index (χ1v) is 12.0. The average molecular weight is 496 g/mol. The minimum Gasteiger partial charge on any atom is -0.382 e. The van der Waals surface area contributed by atoms with Crippen LogP contribution in [-0.2, 0) is 9.84 Å². The number of fused-ring (bicyclic) bond motifs is 2. The van der Waals surface area contributed by atoms with Gasteiger partial charge in [-0.2, -0.15) is 9.78 Å². The van der Waals surface area contributed by atoms with Crippen LogP contribution >= 0.6 is 23.2 Å². The molecule has 0 radical (unpaired) electrons. The van der Waals surface area contributed by atoms with Crippen molar-refractivity contribution in [3.05, 3.63) is 88.4 Å². The zero-order valence-electron chi connectivity index (χ0n) is 16.9. The molecule has 164 valence electrons. The summed E-state index contributed by atoms with van der Waals surface area (Å²) < 4.78 is 28.5. The van der Waals surface area contributed by atoms with Crippen LogP contribution in [0, 0.1) is 0 Å². The third kappa shape index (κ3) is 3.82. The summed E-state index contributed by atoms with van der Waals surface area (Å²) >= 11 is 12.0. The number of benzene rings is 3. The molecule has 0 bridgehead atoms. The van der Waals surface area contributed by atoms with Gasteiger partial charge in [-0.15, -0.1) is 0 Å². The molecule has 0 fully saturated rings. The third-order valence-corrected chi connectivity index (χ3v) is 7.30. The van der Waals surface area contributed by atoms with Gasteiger partial charge in [0.1, 0.15) is 16.2 Å². The zero-order valence-corrected chi connectivity index (χ0v) is 19.2. The van der Waals surface area contributed by atoms with Crippen molar-refractivity contribution in [3.8, 4) is 0 Å². The Kier molecular flexibility index (Phi) is 5.28. The normalized spacial score (nSPS) is 12.2. The van der Waals surface area contributed by atoms with Gasteiger partial charge in [-0.1, -0.05) is 53.5 Å². The topological polar surface area (TPSA) is 103 Å². The Bertz CT molecular complexity index is 1660. The summed E-state index contributed by atoms with van der Waals surface area (Å²) in [6.45, 7) is 0. The predicted octanol–water partition coefficient (Wildman–Crippen LogP) is 5.19. The van der Waals surface area contributed by atoms with Gasteiger partial charge in [0.2, 0.25) is 9.84 Å². The van der Waals surface area contributed by atoms with Gasteiger partial charge in [0.15, 0.2) is 5.65 Å². The molecule has 10 heteroatoms. The summed E-state index contributed by atoms with van der Waals surface area (Å²) in [5.74, 6) is -0.106. The number of halogens is 2. The lowest BCUT2D eigenvalue weighted by molar-refractivity contribution is 0.597. The Morgan fingerprint density at radius 1 is 0.879 bits per heavy atom. The van der Waals surface area contributed by atoms with Gasteiger partial charge in [-0.3, -0.25) is 0 Å². The second kappa shape index (κ2) is 8.15. The maximum absolute atomic E-state index is 13.6. The van der Waals surface area contributed by atoms with Gasteiger partial charge in [0.25, 0.3) is 0 Å². The van der Waals surface area contributed by atoms with Crippen molar-refractivity contribution in [3.63, 3.8) is 0 Å². The van der Waals surface area contributed by atoms with Crippen molar-refractivity contribution >= 4 is 67.3 Å². The lowest BCUT2D eigenvalue weighted by Gasteiger charge is -2.05. The first-order chi connectivity index (χ1) is 15.8. The number of hydrogen-bond donors (Lipinski definition) is 1. The molecule has 0 spiro atoms. The summed E-state index contributed by atoms with van der Waals surface area (Å²) in [6.07, 6.45) is 1.54. The largest absolute Gasteiger partial charge is 0.382 e. The SMILES string of the molecule is Nc1c(S(=O)(=O)c2cccc(Cl)c2)c2nc3ccccc3nc2n1/N=C/c1ccc(Cl)cc1. The molecule has 0 atom stereocenters. The molecule has 2 heterocycles. The Balaban J connectivity index is 1.79. The molecule has 0 unspecified atom stereocenters. The standard InChI is InChI=1S/C23H15Cl2N5O2S/c24-15-10-8-14(9-11-15)13-27-30-22(26)21(33(31,32)17-5-3-4-16(25)12-17)20-23(30)29-19-7-2-1-6-18(19)28-20/h1-13H,26H2/b27-13+. The van der Waals surface area contributed by atoms with Crippen LogP contribution in [0.1, 0.15) is 5.56 Å². The first-order valence-electron chi connectivity index (χ1n) is 9.72. The van der Waals surface area contributed by atoms with E-state index in [0.29, 0.717) is 16.1 Å². The highest BCUT2D eigenvalue weighted by molar-refractivity contribution is 7.92. The van der Waals surface area contributed by atoms with E-state index in [1.807, 2.05) is 6.07 Å². The van der Waals surface area contributed by atoms with Gasteiger partial charge in [-0.25, -0.2) is 18.4 Å². The van der Waals surface area contributed by atoms with Crippen molar-refractivity contribution in [1.29, 1.82) is 0 Å². The Labute approximate surface area is 199 Å². The quantitative estimate of drug-likeness (QED) is 0.345. The van der Waals surface area contributed by atoms with E-state index in [9.17, 15) is 8.42 Å². The molecule has 5 rings (SSSR count). The molecular weight excluding hydrogens is 481 g/mol. The van der Waals surface area contributed by atoms with Crippen LogP contribution < -0.4 is 5.73 Å². The van der Waals surface area contributed by atoms with Crippen LogP contribution in [0.15, 0.2) is 87.7 Å². The van der Waals surface area contributed by atoms with Crippen molar-refractivity contribution in [1.82, 2.24) is 14.6 Å². The fourth-order valence-electron chi connectivity index (χ4n) is 3.43. The molecule has 3 aromatic carbocycles. The Morgan fingerprint density at radius 3 is 2.27 bits per heavy atom. The number of para-hydroxylation sites is 2. The molecule has 0 aliphatic carbocycles. The highest BCUT2D eigenvalue weighted by atomic mass is 35.5. The summed E-state index contributed by atoms with van der Waals surface area (Å²) in [4.78, 5) is 9.00. The van der Waals surface area contributed by atoms with E-state index in [4.69, 9.17) is 28.9 Å². The van der Waals surface area contributed by atoms with Crippen LogP contribution in [0.5, 0.6) is 0 Å². The lowest BCUT2D eigenvalue weighted by atomic mass is 10.2. The second-order valence-corrected chi connectivity index (χ2v) is 9.93. The van der Waals surface area contributed by atoms with E-state index in [-0.39, 0.29) is 31.8 Å². The van der Waals surface area contributed by atoms with Crippen LogP contribution in [-0.4, -0.2) is 29.3 Å². The van der Waals surface area contributed by atoms with Gasteiger partial charge in [-0.05, 0) is 48.0 Å². The summed E-state index contributed by atoms with van der Waals surface area (Å²) in [6, 6.07) is 20.1. The molecule has 0 aliphatic heterocycles. The number of sulfone groups is 1. The fraction of sp³-hybridized carbons (Fsp3) is 0. The summed E-state index contributed by atoms with van der Waals surface area (Å²) in [7, 11) is -4.08. The van der Waals surface area contributed by atoms with Crippen LogP contribution in [0.25, 0.3) is 22.2 Å². The molecule has 0 saturated carbocycles. The van der Waals surface area contributed by atoms with E-state index in [2.05, 4.69) is 15.1 Å². The van der Waals surface area contributed by atoms with E-state index >= 15 is 0 Å². The van der Waals surface area contributed by atoms with Crippen molar-refractivity contribution in [2.75, 3.05) is 5.73 Å². The minimum atomic E-state index is -4.08. The maximum Gasteiger partial charge on any atom is 0.212 e. The van der Waals surface area contributed by atoms with Gasteiger partial charge in [0, 0.05) is 10.0 Å². The second-order valence-electron chi connectivity index (χ2n) is 7.17. The molecule has 0 saturated heterocycles. The fourth-order valence-corrected chi connectivity index (χ4v) is 5.34. The number of nitrogens with two attached hydrogens (primary N) is 1. The zero-order chi connectivity index (χ0) is 23.2. The van der Waals surface area contributed by atoms with Gasteiger partial charge < -0.3 is 5.73 Å². The van der Waals surface area contributed by atoms with E-state index < -0.39 is 9.84 Å². The number of rotatable bonds is 4. The van der Waals surface area contributed by atoms with Crippen molar-refractivity contribution < 1.29 is 8.42 Å². The summed E-state index contributed by atoms with van der Waals surface area (Å²) in [5.41, 5.74) is 8.57. The summed E-state index contributed by atoms with van der Waals surface area (Å²) in [5, 5.41) is 5.29. The smallest absolute Gasteiger partial charge is 0.212 e. The van der Waals surface area contributed by atoms with E-state index in [1.54, 1.807) is 60.8 Å². The van der Waals surface area contributed by atoms with Crippen LogP contribution in [0.2, 0.25) is 10.0 Å². The first kappa shape index (κ1) is 21.4. The van der Waals surface area contributed by atoms with Crippen LogP contribution in [0.3, 0.4) is 0 Å². The molecule has 7 nitrogen and oxygen atoms in total. The van der Waals surface area contributed by atoms with E-state index in [0.717, 1.165) is 5.56 Å². The molecule has 5 aromatic rings.